The third-order valence-electron chi connectivity index (χ3n) is 5.94. The summed E-state index contributed by atoms with van der Waals surface area (Å²) in [6.07, 6.45) is 0.507. The van der Waals surface area contributed by atoms with Gasteiger partial charge in [-0.1, -0.05) is 48.5 Å². The Labute approximate surface area is 159 Å². The molecule has 5 nitrogen and oxygen atoms in total. The molecule has 1 saturated heterocycles. The Morgan fingerprint density at radius 2 is 1.63 bits per heavy atom. The minimum absolute atomic E-state index is 0.0277. The summed E-state index contributed by atoms with van der Waals surface area (Å²) in [6, 6.07) is 16.6. The molecule has 2 amide bonds. The fourth-order valence-electron chi connectivity index (χ4n) is 4.41. The summed E-state index contributed by atoms with van der Waals surface area (Å²) < 4.78 is 0. The molecule has 0 bridgehead atoms. The molecule has 2 aliphatic rings. The van der Waals surface area contributed by atoms with Gasteiger partial charge in [0.2, 0.25) is 5.91 Å². The molecular formula is C22H24N2O3. The van der Waals surface area contributed by atoms with Gasteiger partial charge in [0.25, 0.3) is 0 Å². The molecule has 2 aromatic rings. The van der Waals surface area contributed by atoms with Crippen LogP contribution in [0.2, 0.25) is 0 Å². The zero-order valence-corrected chi connectivity index (χ0v) is 15.4. The Morgan fingerprint density at radius 1 is 1.04 bits per heavy atom. The average molecular weight is 364 g/mol. The molecule has 2 aromatic carbocycles. The van der Waals surface area contributed by atoms with Crippen molar-refractivity contribution in [2.75, 3.05) is 13.1 Å². The van der Waals surface area contributed by atoms with Crippen molar-refractivity contribution in [1.82, 2.24) is 10.2 Å². The van der Waals surface area contributed by atoms with Crippen LogP contribution in [0.1, 0.15) is 36.8 Å². The van der Waals surface area contributed by atoms with Gasteiger partial charge in [-0.2, -0.15) is 0 Å². The Balaban J connectivity index is 1.47. The maximum Gasteiger partial charge on any atom is 0.407 e. The second-order valence-electron chi connectivity index (χ2n) is 7.53. The first-order valence-corrected chi connectivity index (χ1v) is 9.51. The number of hydrogen-bond acceptors (Lipinski definition) is 2. The van der Waals surface area contributed by atoms with E-state index in [1.54, 1.807) is 0 Å². The second-order valence-corrected chi connectivity index (χ2v) is 7.53. The van der Waals surface area contributed by atoms with E-state index in [-0.39, 0.29) is 30.3 Å². The van der Waals surface area contributed by atoms with Gasteiger partial charge in [-0.3, -0.25) is 4.79 Å². The Bertz CT molecular complexity index is 834. The molecule has 0 radical (unpaired) electrons. The van der Waals surface area contributed by atoms with Crippen molar-refractivity contribution in [3.05, 3.63) is 59.7 Å². The molecule has 2 atom stereocenters. The normalized spacial score (nSPS) is 21.4. The molecule has 1 aliphatic carbocycles. The molecule has 5 heteroatoms. The summed E-state index contributed by atoms with van der Waals surface area (Å²) in [5.74, 6) is -0.182. The highest BCUT2D eigenvalue weighted by atomic mass is 16.4. The lowest BCUT2D eigenvalue weighted by atomic mass is 9.92. The van der Waals surface area contributed by atoms with Crippen LogP contribution in [0.15, 0.2) is 48.5 Å². The molecule has 140 valence electrons. The smallest absolute Gasteiger partial charge is 0.407 e. The maximum atomic E-state index is 12.7. The number of fused-ring (bicyclic) bond motifs is 3. The fraction of sp³-hybridized carbons (Fsp3) is 0.364. The predicted octanol–water partition coefficient (Wildman–Crippen LogP) is 3.69. The SMILES string of the molecule is C[C@@H]1CC[C@@H](C(=O)NCC2c3ccccc3-c3ccccc32)CN1C(=O)O. The minimum Gasteiger partial charge on any atom is -0.465 e. The van der Waals surface area contributed by atoms with Gasteiger partial charge in [0, 0.05) is 25.0 Å². The van der Waals surface area contributed by atoms with E-state index in [0.29, 0.717) is 6.54 Å². The van der Waals surface area contributed by atoms with E-state index >= 15 is 0 Å². The summed E-state index contributed by atoms with van der Waals surface area (Å²) in [5, 5.41) is 12.4. The lowest BCUT2D eigenvalue weighted by Gasteiger charge is -2.35. The molecule has 0 aromatic heterocycles. The first kappa shape index (κ1) is 17.6. The van der Waals surface area contributed by atoms with Gasteiger partial charge in [-0.05, 0) is 42.0 Å². The van der Waals surface area contributed by atoms with Gasteiger partial charge in [-0.15, -0.1) is 0 Å². The molecule has 4 rings (SSSR count). The highest BCUT2D eigenvalue weighted by Crippen LogP contribution is 2.44. The number of carboxylic acid groups (broad SMARTS) is 1. The number of rotatable bonds is 3. The van der Waals surface area contributed by atoms with Gasteiger partial charge >= 0.3 is 6.09 Å². The summed E-state index contributed by atoms with van der Waals surface area (Å²) >= 11 is 0. The molecule has 0 spiro atoms. The molecule has 27 heavy (non-hydrogen) atoms. The molecule has 1 heterocycles. The van der Waals surface area contributed by atoms with Gasteiger partial charge in [0.15, 0.2) is 0 Å². The van der Waals surface area contributed by atoms with Gasteiger partial charge in [0.05, 0.1) is 5.92 Å². The van der Waals surface area contributed by atoms with Crippen LogP contribution in [-0.4, -0.2) is 41.1 Å². The van der Waals surface area contributed by atoms with Crippen LogP contribution in [0.25, 0.3) is 11.1 Å². The van der Waals surface area contributed by atoms with Crippen molar-refractivity contribution < 1.29 is 14.7 Å². The van der Waals surface area contributed by atoms with E-state index in [2.05, 4.69) is 29.6 Å². The lowest BCUT2D eigenvalue weighted by Crippen LogP contribution is -2.49. The van der Waals surface area contributed by atoms with Crippen molar-refractivity contribution >= 4 is 12.0 Å². The average Bonchev–Trinajstić information content (AvgIpc) is 3.00. The quantitative estimate of drug-likeness (QED) is 0.873. The monoisotopic (exact) mass is 364 g/mol. The van der Waals surface area contributed by atoms with E-state index < -0.39 is 6.09 Å². The number of piperidine rings is 1. The Kier molecular flexibility index (Phi) is 4.60. The summed E-state index contributed by atoms with van der Waals surface area (Å²) in [6.45, 7) is 2.71. The van der Waals surface area contributed by atoms with E-state index in [0.717, 1.165) is 12.8 Å². The molecule has 1 fully saturated rings. The lowest BCUT2D eigenvalue weighted by molar-refractivity contribution is -0.126. The third-order valence-corrected chi connectivity index (χ3v) is 5.94. The standard InChI is InChI=1S/C22H24N2O3/c1-14-10-11-15(13-24(14)22(26)27)21(25)23-12-20-18-8-4-2-6-16(18)17-7-3-5-9-19(17)20/h2-9,14-15,20H,10-13H2,1H3,(H,23,25)(H,26,27)/t14-,15-/m1/s1. The van der Waals surface area contributed by atoms with Gasteiger partial charge in [0.1, 0.15) is 0 Å². The zero-order valence-electron chi connectivity index (χ0n) is 15.4. The zero-order chi connectivity index (χ0) is 19.0. The molecular weight excluding hydrogens is 340 g/mol. The van der Waals surface area contributed by atoms with Crippen molar-refractivity contribution in [2.24, 2.45) is 5.92 Å². The van der Waals surface area contributed by atoms with Crippen LogP contribution in [0, 0.1) is 5.92 Å². The van der Waals surface area contributed by atoms with Crippen LogP contribution in [0.5, 0.6) is 0 Å². The molecule has 0 saturated carbocycles. The minimum atomic E-state index is -0.946. The topological polar surface area (TPSA) is 69.6 Å². The Hall–Kier alpha value is -2.82. The number of nitrogens with one attached hydrogen (secondary N) is 1. The van der Waals surface area contributed by atoms with Crippen molar-refractivity contribution in [2.45, 2.75) is 31.7 Å². The number of benzene rings is 2. The maximum absolute atomic E-state index is 12.7. The van der Waals surface area contributed by atoms with E-state index in [9.17, 15) is 14.7 Å². The number of nitrogens with zero attached hydrogens (tertiary/aromatic N) is 1. The first-order chi connectivity index (χ1) is 13.1. The highest BCUT2D eigenvalue weighted by molar-refractivity contribution is 5.82. The Morgan fingerprint density at radius 3 is 2.22 bits per heavy atom. The van der Waals surface area contributed by atoms with E-state index in [1.165, 1.54) is 27.2 Å². The van der Waals surface area contributed by atoms with Crippen LogP contribution in [0.4, 0.5) is 4.79 Å². The molecule has 0 unspecified atom stereocenters. The summed E-state index contributed by atoms with van der Waals surface area (Å²) in [5.41, 5.74) is 4.94. The number of carbonyl (C=O) groups is 2. The molecule has 2 N–H and O–H groups in total. The fourth-order valence-corrected chi connectivity index (χ4v) is 4.41. The van der Waals surface area contributed by atoms with Crippen LogP contribution in [-0.2, 0) is 4.79 Å². The first-order valence-electron chi connectivity index (χ1n) is 9.51. The predicted molar refractivity (Wildman–Crippen MR) is 104 cm³/mol. The van der Waals surface area contributed by atoms with Gasteiger partial charge < -0.3 is 15.3 Å². The molecule has 1 aliphatic heterocycles. The number of amides is 2. The van der Waals surface area contributed by atoms with Gasteiger partial charge in [-0.25, -0.2) is 4.79 Å². The van der Waals surface area contributed by atoms with E-state index in [4.69, 9.17) is 0 Å². The third kappa shape index (κ3) is 3.18. The second kappa shape index (κ2) is 7.06. The van der Waals surface area contributed by atoms with Crippen molar-refractivity contribution in [1.29, 1.82) is 0 Å². The van der Waals surface area contributed by atoms with Crippen molar-refractivity contribution in [3.63, 3.8) is 0 Å². The largest absolute Gasteiger partial charge is 0.465 e. The number of hydrogen-bond donors (Lipinski definition) is 2. The van der Waals surface area contributed by atoms with Crippen molar-refractivity contribution in [3.8, 4) is 11.1 Å². The van der Waals surface area contributed by atoms with Crippen LogP contribution < -0.4 is 5.32 Å². The van der Waals surface area contributed by atoms with Crippen LogP contribution in [0.3, 0.4) is 0 Å². The van der Waals surface area contributed by atoms with E-state index in [1.807, 2.05) is 31.2 Å². The summed E-state index contributed by atoms with van der Waals surface area (Å²) in [7, 11) is 0. The number of likely N-dealkylation sites (tertiary alicyclic amines) is 1. The number of carbonyl (C=O) groups excluding carboxylic acids is 1. The highest BCUT2D eigenvalue weighted by Gasteiger charge is 2.34. The summed E-state index contributed by atoms with van der Waals surface area (Å²) in [4.78, 5) is 25.5. The van der Waals surface area contributed by atoms with Crippen LogP contribution >= 0.6 is 0 Å².